The highest BCUT2D eigenvalue weighted by atomic mass is 16.5. The van der Waals surface area contributed by atoms with E-state index in [0.717, 1.165) is 17.2 Å². The summed E-state index contributed by atoms with van der Waals surface area (Å²) in [7, 11) is 0. The molecule has 0 aliphatic rings. The summed E-state index contributed by atoms with van der Waals surface area (Å²) in [6, 6.07) is 12.1. The fourth-order valence-corrected chi connectivity index (χ4v) is 2.53. The molecule has 0 bridgehead atoms. The highest BCUT2D eigenvalue weighted by Gasteiger charge is 2.16. The number of rotatable bonds is 9. The predicted molar refractivity (Wildman–Crippen MR) is 108 cm³/mol. The van der Waals surface area contributed by atoms with Crippen molar-refractivity contribution >= 4 is 34.5 Å². The van der Waals surface area contributed by atoms with Crippen LogP contribution in [0.1, 0.15) is 30.6 Å². The molecule has 2 rings (SSSR count). The average Bonchev–Trinajstić information content (AvgIpc) is 2.73. The van der Waals surface area contributed by atoms with E-state index in [1.54, 1.807) is 12.1 Å². The summed E-state index contributed by atoms with van der Waals surface area (Å²) in [5, 5.41) is 9.47. The number of hydrogen-bond donors (Lipinski definition) is 3. The predicted octanol–water partition coefficient (Wildman–Crippen LogP) is 1.14. The normalized spacial score (nSPS) is 11.4. The summed E-state index contributed by atoms with van der Waals surface area (Å²) in [6.45, 7) is 3.07. The van der Waals surface area contributed by atoms with Crippen molar-refractivity contribution in [1.29, 1.82) is 0 Å². The molecule has 0 aliphatic heterocycles. The van der Waals surface area contributed by atoms with Crippen LogP contribution in [0.5, 0.6) is 0 Å². The number of carbonyl (C=O) groups is 4. The number of hydrogen-bond acceptors (Lipinski definition) is 5. The van der Waals surface area contributed by atoms with Crippen molar-refractivity contribution in [2.24, 2.45) is 0 Å². The first-order valence-electron chi connectivity index (χ1n) is 9.40. The molecule has 0 heterocycles. The highest BCUT2D eigenvalue weighted by molar-refractivity contribution is 5.99. The molecule has 0 aliphatic carbocycles. The monoisotopic (exact) mass is 399 g/mol. The van der Waals surface area contributed by atoms with Gasteiger partial charge in [0, 0.05) is 12.1 Å². The molecule has 8 nitrogen and oxygen atoms in total. The van der Waals surface area contributed by atoms with Crippen LogP contribution in [0.4, 0.5) is 0 Å². The molecule has 2 aromatic carbocycles. The minimum Gasteiger partial charge on any atom is -0.454 e. The summed E-state index contributed by atoms with van der Waals surface area (Å²) in [5.74, 6) is -2.08. The van der Waals surface area contributed by atoms with E-state index in [4.69, 9.17) is 4.74 Å². The van der Waals surface area contributed by atoms with Gasteiger partial charge >= 0.3 is 5.97 Å². The standard InChI is InChI=1S/C21H25N3O5/c1-3-10-22-20(27)14(2)24-18(25)13-29-19(26)12-23-21(28)17-9-8-15-6-4-5-7-16(15)11-17/h4-9,11,14H,3,10,12-13H2,1-2H3,(H,22,27)(H,23,28)(H,24,25)/t14-/m0/s1. The van der Waals surface area contributed by atoms with Crippen LogP contribution in [0, 0.1) is 0 Å². The maximum atomic E-state index is 12.2. The van der Waals surface area contributed by atoms with Crippen LogP contribution in [-0.4, -0.2) is 49.4 Å². The van der Waals surface area contributed by atoms with E-state index in [0.29, 0.717) is 12.1 Å². The Morgan fingerprint density at radius 1 is 1.00 bits per heavy atom. The van der Waals surface area contributed by atoms with Gasteiger partial charge in [-0.3, -0.25) is 19.2 Å². The minimum absolute atomic E-state index is 0.311. The molecule has 0 aromatic heterocycles. The van der Waals surface area contributed by atoms with E-state index in [1.165, 1.54) is 6.92 Å². The lowest BCUT2D eigenvalue weighted by Gasteiger charge is -2.14. The SMILES string of the molecule is CCCNC(=O)[C@H](C)NC(=O)COC(=O)CNC(=O)c1ccc2ccccc2c1. The fourth-order valence-electron chi connectivity index (χ4n) is 2.53. The first-order valence-corrected chi connectivity index (χ1v) is 9.40. The number of carbonyl (C=O) groups excluding carboxylic acids is 4. The lowest BCUT2D eigenvalue weighted by Crippen LogP contribution is -2.46. The van der Waals surface area contributed by atoms with Crippen molar-refractivity contribution in [2.45, 2.75) is 26.3 Å². The Morgan fingerprint density at radius 3 is 2.45 bits per heavy atom. The Balaban J connectivity index is 1.73. The number of fused-ring (bicyclic) bond motifs is 1. The van der Waals surface area contributed by atoms with E-state index in [2.05, 4.69) is 16.0 Å². The Labute approximate surface area is 169 Å². The van der Waals surface area contributed by atoms with Crippen LogP contribution in [0.25, 0.3) is 10.8 Å². The summed E-state index contributed by atoms with van der Waals surface area (Å²) in [4.78, 5) is 47.4. The zero-order chi connectivity index (χ0) is 21.2. The highest BCUT2D eigenvalue weighted by Crippen LogP contribution is 2.15. The number of esters is 1. The van der Waals surface area contributed by atoms with Crippen molar-refractivity contribution in [3.63, 3.8) is 0 Å². The number of benzene rings is 2. The van der Waals surface area contributed by atoms with Crippen LogP contribution < -0.4 is 16.0 Å². The van der Waals surface area contributed by atoms with Crippen LogP contribution in [-0.2, 0) is 19.1 Å². The van der Waals surface area contributed by atoms with Gasteiger partial charge < -0.3 is 20.7 Å². The lowest BCUT2D eigenvalue weighted by atomic mass is 10.1. The number of nitrogens with one attached hydrogen (secondary N) is 3. The molecular formula is C21H25N3O5. The molecule has 0 fully saturated rings. The summed E-state index contributed by atoms with van der Waals surface area (Å²) >= 11 is 0. The molecular weight excluding hydrogens is 374 g/mol. The van der Waals surface area contributed by atoms with Gasteiger partial charge in [0.2, 0.25) is 5.91 Å². The van der Waals surface area contributed by atoms with Crippen molar-refractivity contribution in [3.05, 3.63) is 48.0 Å². The first-order chi connectivity index (χ1) is 13.9. The van der Waals surface area contributed by atoms with Gasteiger partial charge in [-0.05, 0) is 36.2 Å². The van der Waals surface area contributed by atoms with Gasteiger partial charge in [0.15, 0.2) is 6.61 Å². The van der Waals surface area contributed by atoms with Gasteiger partial charge in [-0.2, -0.15) is 0 Å². The Kier molecular flexibility index (Phi) is 8.14. The molecule has 8 heteroatoms. The second-order valence-electron chi connectivity index (χ2n) is 6.49. The van der Waals surface area contributed by atoms with Crippen LogP contribution in [0.15, 0.2) is 42.5 Å². The molecule has 0 saturated carbocycles. The van der Waals surface area contributed by atoms with E-state index in [1.807, 2.05) is 37.3 Å². The molecule has 2 aromatic rings. The smallest absolute Gasteiger partial charge is 0.325 e. The van der Waals surface area contributed by atoms with Crippen LogP contribution in [0.3, 0.4) is 0 Å². The summed E-state index contributed by atoms with van der Waals surface area (Å²) in [6.07, 6.45) is 0.787. The lowest BCUT2D eigenvalue weighted by molar-refractivity contribution is -0.147. The van der Waals surface area contributed by atoms with Crippen molar-refractivity contribution in [1.82, 2.24) is 16.0 Å². The third-order valence-electron chi connectivity index (χ3n) is 4.09. The summed E-state index contributed by atoms with van der Waals surface area (Å²) < 4.78 is 4.82. The number of ether oxygens (including phenoxy) is 1. The van der Waals surface area contributed by atoms with Gasteiger partial charge in [0.1, 0.15) is 12.6 Å². The van der Waals surface area contributed by atoms with Gasteiger partial charge in [0.05, 0.1) is 0 Å². The maximum absolute atomic E-state index is 12.2. The third-order valence-corrected chi connectivity index (χ3v) is 4.09. The Hall–Kier alpha value is -3.42. The van der Waals surface area contributed by atoms with Gasteiger partial charge in [-0.1, -0.05) is 37.3 Å². The largest absolute Gasteiger partial charge is 0.454 e. The topological polar surface area (TPSA) is 114 Å². The Bertz CT molecular complexity index is 897. The molecule has 3 N–H and O–H groups in total. The zero-order valence-corrected chi connectivity index (χ0v) is 16.5. The van der Waals surface area contributed by atoms with Gasteiger partial charge in [0.25, 0.3) is 11.8 Å². The minimum atomic E-state index is -0.752. The molecule has 29 heavy (non-hydrogen) atoms. The van der Waals surface area contributed by atoms with Crippen molar-refractivity contribution in [2.75, 3.05) is 19.7 Å². The van der Waals surface area contributed by atoms with E-state index >= 15 is 0 Å². The fraction of sp³-hybridized carbons (Fsp3) is 0.333. The second-order valence-corrected chi connectivity index (χ2v) is 6.49. The van der Waals surface area contributed by atoms with Gasteiger partial charge in [-0.25, -0.2) is 0 Å². The second kappa shape index (κ2) is 10.8. The molecule has 0 spiro atoms. The van der Waals surface area contributed by atoms with Crippen LogP contribution in [0.2, 0.25) is 0 Å². The Morgan fingerprint density at radius 2 is 1.72 bits per heavy atom. The first kappa shape index (κ1) is 21.9. The molecule has 154 valence electrons. The molecule has 0 saturated heterocycles. The number of amides is 3. The zero-order valence-electron chi connectivity index (χ0n) is 16.5. The van der Waals surface area contributed by atoms with Crippen molar-refractivity contribution in [3.8, 4) is 0 Å². The summed E-state index contributed by atoms with van der Waals surface area (Å²) in [5.41, 5.74) is 0.418. The third kappa shape index (κ3) is 6.91. The van der Waals surface area contributed by atoms with Crippen LogP contribution >= 0.6 is 0 Å². The van der Waals surface area contributed by atoms with E-state index < -0.39 is 30.4 Å². The van der Waals surface area contributed by atoms with E-state index in [-0.39, 0.29) is 12.5 Å². The molecule has 0 radical (unpaired) electrons. The quantitative estimate of drug-likeness (QED) is 0.547. The molecule has 3 amide bonds. The maximum Gasteiger partial charge on any atom is 0.325 e. The van der Waals surface area contributed by atoms with Crippen molar-refractivity contribution < 1.29 is 23.9 Å². The molecule has 0 unspecified atom stereocenters. The average molecular weight is 399 g/mol. The van der Waals surface area contributed by atoms with E-state index in [9.17, 15) is 19.2 Å². The molecule has 1 atom stereocenters. The van der Waals surface area contributed by atoms with Gasteiger partial charge in [-0.15, -0.1) is 0 Å².